The van der Waals surface area contributed by atoms with Crippen LogP contribution in [0.4, 0.5) is 0 Å². The molecular formula is C18H23NO. The Morgan fingerprint density at radius 1 is 1.20 bits per heavy atom. The topological polar surface area (TPSA) is 22.0 Å². The van der Waals surface area contributed by atoms with E-state index in [0.29, 0.717) is 18.2 Å². The first-order valence-corrected chi connectivity index (χ1v) is 7.89. The van der Waals surface area contributed by atoms with Crippen molar-refractivity contribution in [3.05, 3.63) is 36.0 Å². The number of aryl methyl sites for hydroxylation is 1. The molecule has 1 aromatic carbocycles. The molecule has 0 aliphatic heterocycles. The van der Waals surface area contributed by atoms with E-state index in [2.05, 4.69) is 42.0 Å². The fraction of sp³-hybridized carbons (Fsp3) is 0.500. The van der Waals surface area contributed by atoms with Crippen LogP contribution in [0.15, 0.2) is 30.5 Å². The second-order valence-electron chi connectivity index (χ2n) is 5.95. The van der Waals surface area contributed by atoms with Crippen LogP contribution in [0.3, 0.4) is 0 Å². The van der Waals surface area contributed by atoms with Crippen molar-refractivity contribution < 1.29 is 4.79 Å². The van der Waals surface area contributed by atoms with Gasteiger partial charge in [-0.15, -0.1) is 0 Å². The van der Waals surface area contributed by atoms with Gasteiger partial charge in [0.15, 0.2) is 5.78 Å². The Morgan fingerprint density at radius 2 is 2.00 bits per heavy atom. The van der Waals surface area contributed by atoms with E-state index in [1.165, 1.54) is 35.7 Å². The highest BCUT2D eigenvalue weighted by molar-refractivity contribution is 5.87. The van der Waals surface area contributed by atoms with E-state index < -0.39 is 0 Å². The van der Waals surface area contributed by atoms with Gasteiger partial charge in [0.1, 0.15) is 0 Å². The predicted molar refractivity (Wildman–Crippen MR) is 82.9 cm³/mol. The average Bonchev–Trinajstić information content (AvgIpc) is 2.91. The number of fused-ring (bicyclic) bond motifs is 1. The first-order valence-electron chi connectivity index (χ1n) is 7.89. The van der Waals surface area contributed by atoms with Crippen molar-refractivity contribution in [2.45, 2.75) is 52.0 Å². The standard InChI is InChI=1S/C18H23NO/c1-2-14-9-6-10-16-11-12-19(18(14)16)13-17(20)15-7-4-3-5-8-15/h6,9-12,15H,2-5,7-8,13H2,1H3. The van der Waals surface area contributed by atoms with Crippen LogP contribution >= 0.6 is 0 Å². The minimum Gasteiger partial charge on any atom is -0.340 e. The molecule has 0 radical (unpaired) electrons. The molecule has 2 nitrogen and oxygen atoms in total. The molecule has 0 unspecified atom stereocenters. The first-order chi connectivity index (χ1) is 9.79. The number of carbonyl (C=O) groups excluding carboxylic acids is 1. The van der Waals surface area contributed by atoms with E-state index in [4.69, 9.17) is 0 Å². The van der Waals surface area contributed by atoms with Gasteiger partial charge in [0, 0.05) is 12.1 Å². The third-order valence-corrected chi connectivity index (χ3v) is 4.64. The van der Waals surface area contributed by atoms with Gasteiger partial charge in [-0.2, -0.15) is 0 Å². The lowest BCUT2D eigenvalue weighted by Crippen LogP contribution is -2.22. The summed E-state index contributed by atoms with van der Waals surface area (Å²) in [5.41, 5.74) is 2.59. The zero-order valence-corrected chi connectivity index (χ0v) is 12.3. The molecule has 1 aromatic heterocycles. The number of carbonyl (C=O) groups is 1. The zero-order chi connectivity index (χ0) is 13.9. The van der Waals surface area contributed by atoms with E-state index in [0.717, 1.165) is 19.3 Å². The van der Waals surface area contributed by atoms with Gasteiger partial charge < -0.3 is 4.57 Å². The maximum atomic E-state index is 12.5. The van der Waals surface area contributed by atoms with Crippen molar-refractivity contribution in [2.75, 3.05) is 0 Å². The lowest BCUT2D eigenvalue weighted by Gasteiger charge is -2.20. The summed E-state index contributed by atoms with van der Waals surface area (Å²) in [7, 11) is 0. The lowest BCUT2D eigenvalue weighted by atomic mass is 9.86. The van der Waals surface area contributed by atoms with Crippen molar-refractivity contribution in [2.24, 2.45) is 5.92 Å². The molecule has 0 atom stereocenters. The second-order valence-corrected chi connectivity index (χ2v) is 5.95. The molecule has 0 bridgehead atoms. The second kappa shape index (κ2) is 5.82. The molecule has 1 fully saturated rings. The minimum absolute atomic E-state index is 0.301. The van der Waals surface area contributed by atoms with Gasteiger partial charge in [-0.25, -0.2) is 0 Å². The summed E-state index contributed by atoms with van der Waals surface area (Å²) < 4.78 is 2.16. The normalized spacial score (nSPS) is 16.6. The minimum atomic E-state index is 0.301. The molecule has 0 spiro atoms. The number of benzene rings is 1. The number of rotatable bonds is 4. The van der Waals surface area contributed by atoms with Crippen LogP contribution in [0.2, 0.25) is 0 Å². The van der Waals surface area contributed by atoms with Crippen LogP contribution in [-0.4, -0.2) is 10.4 Å². The molecule has 1 saturated carbocycles. The molecular weight excluding hydrogens is 246 g/mol. The molecule has 3 rings (SSSR count). The van der Waals surface area contributed by atoms with Crippen LogP contribution in [0.25, 0.3) is 10.9 Å². The Kier molecular flexibility index (Phi) is 3.90. The number of Topliss-reactive ketones (excluding diaryl/α,β-unsaturated/α-hetero) is 1. The van der Waals surface area contributed by atoms with Crippen LogP contribution in [0.5, 0.6) is 0 Å². The zero-order valence-electron chi connectivity index (χ0n) is 12.3. The Hall–Kier alpha value is -1.57. The van der Waals surface area contributed by atoms with E-state index in [1.54, 1.807) is 0 Å². The number of nitrogens with zero attached hydrogens (tertiary/aromatic N) is 1. The molecule has 0 N–H and O–H groups in total. The van der Waals surface area contributed by atoms with Crippen LogP contribution in [0, 0.1) is 5.92 Å². The highest BCUT2D eigenvalue weighted by Gasteiger charge is 2.21. The third-order valence-electron chi connectivity index (χ3n) is 4.64. The molecule has 20 heavy (non-hydrogen) atoms. The SMILES string of the molecule is CCc1cccc2ccn(CC(=O)C3CCCCC3)c12. The summed E-state index contributed by atoms with van der Waals surface area (Å²) >= 11 is 0. The fourth-order valence-electron chi connectivity index (χ4n) is 3.48. The molecule has 1 aliphatic rings. The van der Waals surface area contributed by atoms with E-state index in [9.17, 15) is 4.79 Å². The van der Waals surface area contributed by atoms with Crippen molar-refractivity contribution in [1.29, 1.82) is 0 Å². The monoisotopic (exact) mass is 269 g/mol. The summed E-state index contributed by atoms with van der Waals surface area (Å²) in [6.07, 6.45) is 9.03. The van der Waals surface area contributed by atoms with Crippen molar-refractivity contribution in [1.82, 2.24) is 4.57 Å². The number of para-hydroxylation sites is 1. The molecule has 2 aromatic rings. The van der Waals surface area contributed by atoms with Crippen molar-refractivity contribution in [3.8, 4) is 0 Å². The van der Waals surface area contributed by atoms with E-state index in [-0.39, 0.29) is 0 Å². The van der Waals surface area contributed by atoms with Gasteiger partial charge >= 0.3 is 0 Å². The fourth-order valence-corrected chi connectivity index (χ4v) is 3.48. The van der Waals surface area contributed by atoms with Crippen LogP contribution < -0.4 is 0 Å². The largest absolute Gasteiger partial charge is 0.340 e. The summed E-state index contributed by atoms with van der Waals surface area (Å²) in [6.45, 7) is 2.72. The number of hydrogen-bond acceptors (Lipinski definition) is 1. The summed E-state index contributed by atoms with van der Waals surface area (Å²) in [4.78, 5) is 12.5. The summed E-state index contributed by atoms with van der Waals surface area (Å²) in [6, 6.07) is 8.54. The molecule has 106 valence electrons. The Balaban J connectivity index is 1.85. The number of aromatic nitrogens is 1. The molecule has 2 heteroatoms. The number of hydrogen-bond donors (Lipinski definition) is 0. The highest BCUT2D eigenvalue weighted by atomic mass is 16.1. The Labute approximate surface area is 120 Å². The molecule has 0 saturated heterocycles. The maximum absolute atomic E-state index is 12.5. The molecule has 0 amide bonds. The predicted octanol–water partition coefficient (Wildman–Crippen LogP) is 4.35. The van der Waals surface area contributed by atoms with Crippen molar-refractivity contribution in [3.63, 3.8) is 0 Å². The molecule has 1 aliphatic carbocycles. The number of ketones is 1. The first kappa shape index (κ1) is 13.4. The maximum Gasteiger partial charge on any atom is 0.155 e. The van der Waals surface area contributed by atoms with Gasteiger partial charge in [0.05, 0.1) is 12.1 Å². The van der Waals surface area contributed by atoms with Gasteiger partial charge in [-0.3, -0.25) is 4.79 Å². The van der Waals surface area contributed by atoms with Gasteiger partial charge in [0.2, 0.25) is 0 Å². The van der Waals surface area contributed by atoms with Gasteiger partial charge in [-0.05, 0) is 36.3 Å². The van der Waals surface area contributed by atoms with Crippen molar-refractivity contribution >= 4 is 16.7 Å². The van der Waals surface area contributed by atoms with Crippen LogP contribution in [-0.2, 0) is 17.8 Å². The van der Waals surface area contributed by atoms with Gasteiger partial charge in [-0.1, -0.05) is 44.4 Å². The Morgan fingerprint density at radius 3 is 2.75 bits per heavy atom. The summed E-state index contributed by atoms with van der Waals surface area (Å²) in [5, 5.41) is 1.25. The highest BCUT2D eigenvalue weighted by Crippen LogP contribution is 2.26. The van der Waals surface area contributed by atoms with E-state index in [1.807, 2.05) is 0 Å². The van der Waals surface area contributed by atoms with Crippen LogP contribution in [0.1, 0.15) is 44.6 Å². The van der Waals surface area contributed by atoms with Gasteiger partial charge in [0.25, 0.3) is 0 Å². The molecule has 1 heterocycles. The summed E-state index contributed by atoms with van der Waals surface area (Å²) in [5.74, 6) is 0.725. The average molecular weight is 269 g/mol. The Bertz CT molecular complexity index is 605. The smallest absolute Gasteiger partial charge is 0.155 e. The lowest BCUT2D eigenvalue weighted by molar-refractivity contribution is -0.124. The van der Waals surface area contributed by atoms with E-state index >= 15 is 0 Å². The quantitative estimate of drug-likeness (QED) is 0.808. The third kappa shape index (κ3) is 2.52.